The van der Waals surface area contributed by atoms with E-state index in [1.54, 1.807) is 12.1 Å². The summed E-state index contributed by atoms with van der Waals surface area (Å²) < 4.78 is 5.30. The van der Waals surface area contributed by atoms with Crippen LogP contribution in [0, 0.1) is 0 Å². The van der Waals surface area contributed by atoms with Gasteiger partial charge in [0.25, 0.3) is 0 Å². The van der Waals surface area contributed by atoms with Crippen LogP contribution >= 0.6 is 35.6 Å². The number of aromatic nitrogens is 2. The van der Waals surface area contributed by atoms with Crippen molar-refractivity contribution in [2.45, 2.75) is 37.6 Å². The van der Waals surface area contributed by atoms with Gasteiger partial charge in [-0.15, -0.1) is 12.4 Å². The highest BCUT2D eigenvalue weighted by Crippen LogP contribution is 2.34. The Kier molecular flexibility index (Phi) is 5.15. The van der Waals surface area contributed by atoms with Crippen LogP contribution in [-0.2, 0) is 12.0 Å². The van der Waals surface area contributed by atoms with Crippen molar-refractivity contribution in [1.82, 2.24) is 10.1 Å². The minimum atomic E-state index is -0.431. The summed E-state index contributed by atoms with van der Waals surface area (Å²) in [4.78, 5) is 4.43. The van der Waals surface area contributed by atoms with Crippen molar-refractivity contribution >= 4 is 35.6 Å². The maximum Gasteiger partial charge on any atom is 0.231 e. The number of hydrogen-bond acceptors (Lipinski definition) is 4. The van der Waals surface area contributed by atoms with E-state index in [4.69, 9.17) is 33.5 Å². The average Bonchev–Trinajstić information content (AvgIpc) is 3.04. The molecule has 114 valence electrons. The molecule has 21 heavy (non-hydrogen) atoms. The summed E-state index contributed by atoms with van der Waals surface area (Å²) >= 11 is 12.1. The molecule has 1 aliphatic rings. The molecule has 0 aliphatic heterocycles. The number of rotatable bonds is 3. The second kappa shape index (κ2) is 6.53. The van der Waals surface area contributed by atoms with Gasteiger partial charge >= 0.3 is 0 Å². The standard InChI is InChI=1S/C14H15Cl2N3O.ClH/c15-10-3-4-11(16)9(7-10)8-12-18-13(19-20-12)14(17)5-1-2-6-14;/h3-4,7H,1-2,5-6,8,17H2;1H. The Balaban J connectivity index is 0.00000161. The van der Waals surface area contributed by atoms with Crippen molar-refractivity contribution in [3.8, 4) is 0 Å². The number of hydrogen-bond donors (Lipinski definition) is 1. The maximum atomic E-state index is 6.31. The lowest BCUT2D eigenvalue weighted by Gasteiger charge is -2.17. The first kappa shape index (κ1) is 16.6. The number of halogens is 3. The summed E-state index contributed by atoms with van der Waals surface area (Å²) in [5.41, 5.74) is 6.75. The van der Waals surface area contributed by atoms with E-state index in [0.717, 1.165) is 31.2 Å². The van der Waals surface area contributed by atoms with Gasteiger partial charge in [0.2, 0.25) is 5.89 Å². The van der Waals surface area contributed by atoms with E-state index in [-0.39, 0.29) is 12.4 Å². The summed E-state index contributed by atoms with van der Waals surface area (Å²) in [6, 6.07) is 5.32. The van der Waals surface area contributed by atoms with E-state index in [0.29, 0.717) is 28.2 Å². The fraction of sp³-hybridized carbons (Fsp3) is 0.429. The highest BCUT2D eigenvalue weighted by Gasteiger charge is 2.35. The van der Waals surface area contributed by atoms with Gasteiger partial charge in [0.15, 0.2) is 5.82 Å². The van der Waals surface area contributed by atoms with Crippen LogP contribution in [0.25, 0.3) is 0 Å². The van der Waals surface area contributed by atoms with Crippen molar-refractivity contribution in [3.05, 3.63) is 45.5 Å². The summed E-state index contributed by atoms with van der Waals surface area (Å²) in [6.07, 6.45) is 4.50. The van der Waals surface area contributed by atoms with Crippen LogP contribution in [-0.4, -0.2) is 10.1 Å². The van der Waals surface area contributed by atoms with Gasteiger partial charge in [-0.25, -0.2) is 0 Å². The van der Waals surface area contributed by atoms with Gasteiger partial charge < -0.3 is 10.3 Å². The third-order valence-electron chi connectivity index (χ3n) is 3.76. The van der Waals surface area contributed by atoms with Crippen LogP contribution in [0.15, 0.2) is 22.7 Å². The molecule has 7 heteroatoms. The third-order valence-corrected chi connectivity index (χ3v) is 4.36. The zero-order valence-corrected chi connectivity index (χ0v) is 13.6. The molecule has 0 radical (unpaired) electrons. The largest absolute Gasteiger partial charge is 0.339 e. The van der Waals surface area contributed by atoms with Gasteiger partial charge in [-0.2, -0.15) is 4.98 Å². The molecule has 2 aromatic rings. The monoisotopic (exact) mass is 347 g/mol. The molecule has 0 unspecified atom stereocenters. The first-order valence-electron chi connectivity index (χ1n) is 6.63. The molecule has 1 aromatic carbocycles. The van der Waals surface area contributed by atoms with E-state index in [2.05, 4.69) is 10.1 Å². The molecule has 1 fully saturated rings. The second-order valence-electron chi connectivity index (χ2n) is 5.29. The predicted molar refractivity (Wildman–Crippen MR) is 85.1 cm³/mol. The van der Waals surface area contributed by atoms with E-state index in [1.807, 2.05) is 6.07 Å². The predicted octanol–water partition coefficient (Wildman–Crippen LogP) is 4.12. The summed E-state index contributed by atoms with van der Waals surface area (Å²) in [7, 11) is 0. The average molecular weight is 349 g/mol. The molecule has 1 aromatic heterocycles. The summed E-state index contributed by atoms with van der Waals surface area (Å²) in [6.45, 7) is 0. The van der Waals surface area contributed by atoms with E-state index >= 15 is 0 Å². The molecule has 4 nitrogen and oxygen atoms in total. The minimum absolute atomic E-state index is 0. The minimum Gasteiger partial charge on any atom is -0.339 e. The molecule has 2 N–H and O–H groups in total. The van der Waals surface area contributed by atoms with Gasteiger partial charge in [0.05, 0.1) is 12.0 Å². The van der Waals surface area contributed by atoms with Gasteiger partial charge in [-0.1, -0.05) is 41.2 Å². The first-order valence-corrected chi connectivity index (χ1v) is 7.38. The van der Waals surface area contributed by atoms with E-state index < -0.39 is 5.54 Å². The Labute approximate surface area is 139 Å². The Hall–Kier alpha value is -0.810. The van der Waals surface area contributed by atoms with Crippen LogP contribution in [0.1, 0.15) is 43.0 Å². The van der Waals surface area contributed by atoms with Crippen molar-refractivity contribution in [2.75, 3.05) is 0 Å². The fourth-order valence-corrected chi connectivity index (χ4v) is 2.98. The smallest absolute Gasteiger partial charge is 0.231 e. The Morgan fingerprint density at radius 2 is 1.95 bits per heavy atom. The van der Waals surface area contributed by atoms with E-state index in [9.17, 15) is 0 Å². The van der Waals surface area contributed by atoms with Crippen LogP contribution in [0.5, 0.6) is 0 Å². The van der Waals surface area contributed by atoms with Crippen molar-refractivity contribution in [1.29, 1.82) is 0 Å². The van der Waals surface area contributed by atoms with Crippen LogP contribution < -0.4 is 5.73 Å². The normalized spacial score (nSPS) is 16.7. The molecule has 3 rings (SSSR count). The molecular formula is C14H16Cl3N3O. The molecular weight excluding hydrogens is 333 g/mol. The zero-order valence-electron chi connectivity index (χ0n) is 11.3. The molecule has 0 spiro atoms. The Morgan fingerprint density at radius 3 is 2.67 bits per heavy atom. The molecule has 1 heterocycles. The number of benzene rings is 1. The molecule has 0 amide bonds. The molecule has 1 aliphatic carbocycles. The quantitative estimate of drug-likeness (QED) is 0.906. The molecule has 0 atom stereocenters. The SMILES string of the molecule is Cl.NC1(c2noc(Cc3cc(Cl)ccc3Cl)n2)CCCC1. The van der Waals surface area contributed by atoms with Crippen LogP contribution in [0.2, 0.25) is 10.0 Å². The second-order valence-corrected chi connectivity index (χ2v) is 6.13. The van der Waals surface area contributed by atoms with Crippen molar-refractivity contribution in [2.24, 2.45) is 5.73 Å². The first-order chi connectivity index (χ1) is 9.57. The number of nitrogens with zero attached hydrogens (tertiary/aromatic N) is 2. The maximum absolute atomic E-state index is 6.31. The summed E-state index contributed by atoms with van der Waals surface area (Å²) in [5.74, 6) is 1.11. The van der Waals surface area contributed by atoms with Gasteiger partial charge in [-0.05, 0) is 36.6 Å². The summed E-state index contributed by atoms with van der Waals surface area (Å²) in [5, 5.41) is 5.30. The van der Waals surface area contributed by atoms with Crippen LogP contribution in [0.3, 0.4) is 0 Å². The van der Waals surface area contributed by atoms with Crippen molar-refractivity contribution in [3.63, 3.8) is 0 Å². The van der Waals surface area contributed by atoms with Gasteiger partial charge in [0, 0.05) is 10.0 Å². The molecule has 0 bridgehead atoms. The van der Waals surface area contributed by atoms with Gasteiger partial charge in [-0.3, -0.25) is 0 Å². The Morgan fingerprint density at radius 1 is 1.24 bits per heavy atom. The fourth-order valence-electron chi connectivity index (χ4n) is 2.60. The van der Waals surface area contributed by atoms with Crippen LogP contribution in [0.4, 0.5) is 0 Å². The lowest BCUT2D eigenvalue weighted by molar-refractivity contribution is 0.352. The lowest BCUT2D eigenvalue weighted by Crippen LogP contribution is -2.34. The zero-order chi connectivity index (χ0) is 14.2. The topological polar surface area (TPSA) is 64.9 Å². The third kappa shape index (κ3) is 3.51. The Bertz CT molecular complexity index is 624. The highest BCUT2D eigenvalue weighted by atomic mass is 35.5. The highest BCUT2D eigenvalue weighted by molar-refractivity contribution is 6.33. The van der Waals surface area contributed by atoms with E-state index in [1.165, 1.54) is 0 Å². The molecule has 1 saturated carbocycles. The van der Waals surface area contributed by atoms with Crippen molar-refractivity contribution < 1.29 is 4.52 Å². The number of nitrogens with two attached hydrogens (primary N) is 1. The van der Waals surface area contributed by atoms with Gasteiger partial charge in [0.1, 0.15) is 0 Å². The molecule has 0 saturated heterocycles. The lowest BCUT2D eigenvalue weighted by atomic mass is 9.99.